The molecule has 0 aromatic carbocycles. The molecule has 0 aliphatic carbocycles. The van der Waals surface area contributed by atoms with Crippen LogP contribution < -0.4 is 21.5 Å². The van der Waals surface area contributed by atoms with Crippen molar-refractivity contribution in [2.75, 3.05) is 55.0 Å². The van der Waals surface area contributed by atoms with Gasteiger partial charge in [0.05, 0.1) is 24.8 Å². The van der Waals surface area contributed by atoms with Crippen molar-refractivity contribution in [3.05, 3.63) is 10.4 Å². The van der Waals surface area contributed by atoms with Crippen LogP contribution in [0.5, 0.6) is 0 Å². The van der Waals surface area contributed by atoms with E-state index in [0.29, 0.717) is 37.8 Å². The van der Waals surface area contributed by atoms with Crippen LogP contribution >= 0.6 is 7.60 Å². The second-order valence-electron chi connectivity index (χ2n) is 5.97. The third kappa shape index (κ3) is 5.44. The normalized spacial score (nSPS) is 14.9. The number of fused-ring (bicyclic) bond motifs is 1. The van der Waals surface area contributed by atoms with Gasteiger partial charge in [0.2, 0.25) is 5.95 Å². The van der Waals surface area contributed by atoms with Crippen molar-refractivity contribution in [1.82, 2.24) is 14.9 Å². The minimum atomic E-state index is -4.11. The predicted molar refractivity (Wildman–Crippen MR) is 93.2 cm³/mol. The maximum Gasteiger partial charge on any atom is 0.326 e. The zero-order valence-corrected chi connectivity index (χ0v) is 14.7. The maximum atomic E-state index is 11.8. The molecule has 12 heteroatoms. The van der Waals surface area contributed by atoms with E-state index in [2.05, 4.69) is 21.4 Å². The van der Waals surface area contributed by atoms with Crippen LogP contribution in [0.1, 0.15) is 6.92 Å². The van der Waals surface area contributed by atoms with E-state index in [0.717, 1.165) is 0 Å². The van der Waals surface area contributed by atoms with Crippen molar-refractivity contribution in [2.24, 2.45) is 5.92 Å². The van der Waals surface area contributed by atoms with Crippen LogP contribution in [0.25, 0.3) is 0 Å². The topological polar surface area (TPSA) is 172 Å². The number of nitrogens with two attached hydrogens (primary N) is 1. The number of aromatic nitrogens is 2. The molecule has 138 valence electrons. The molecule has 0 saturated carbocycles. The molecule has 1 atom stereocenters. The summed E-state index contributed by atoms with van der Waals surface area (Å²) in [5.41, 5.74) is 5.58. The molecule has 0 radical (unpaired) electrons. The van der Waals surface area contributed by atoms with Gasteiger partial charge in [-0.25, -0.2) is 0 Å². The van der Waals surface area contributed by atoms with Crippen LogP contribution in [0, 0.1) is 17.2 Å². The van der Waals surface area contributed by atoms with Gasteiger partial charge < -0.3 is 25.7 Å². The maximum absolute atomic E-state index is 11.8. The largest absolute Gasteiger partial charge is 0.369 e. The smallest absolute Gasteiger partial charge is 0.326 e. The molecule has 0 amide bonds. The molecular weight excluding hydrogens is 349 g/mol. The summed E-state index contributed by atoms with van der Waals surface area (Å²) >= 11 is 0. The number of rotatable bonds is 8. The number of hydrogen-bond donors (Lipinski definition) is 5. The molecule has 2 heterocycles. The van der Waals surface area contributed by atoms with Gasteiger partial charge in [-0.3, -0.25) is 19.2 Å². The van der Waals surface area contributed by atoms with Crippen molar-refractivity contribution >= 4 is 25.0 Å². The Morgan fingerprint density at radius 2 is 2.24 bits per heavy atom. The van der Waals surface area contributed by atoms with Crippen molar-refractivity contribution in [2.45, 2.75) is 6.92 Å². The number of nitrogens with one attached hydrogen (secondary N) is 2. The van der Waals surface area contributed by atoms with E-state index in [-0.39, 0.29) is 30.1 Å². The Balaban J connectivity index is 2.03. The van der Waals surface area contributed by atoms with Gasteiger partial charge in [-0.15, -0.1) is 0 Å². The lowest BCUT2D eigenvalue weighted by Gasteiger charge is -2.26. The Kier molecular flexibility index (Phi) is 6.02. The molecule has 1 aliphatic rings. The van der Waals surface area contributed by atoms with Crippen LogP contribution in [-0.2, 0) is 4.57 Å². The van der Waals surface area contributed by atoms with E-state index in [1.165, 1.54) is 0 Å². The Morgan fingerprint density at radius 1 is 1.52 bits per heavy atom. The van der Waals surface area contributed by atoms with Gasteiger partial charge in [0.25, 0.3) is 5.56 Å². The zero-order valence-electron chi connectivity index (χ0n) is 13.8. The van der Waals surface area contributed by atoms with Gasteiger partial charge >= 0.3 is 7.60 Å². The highest BCUT2D eigenvalue weighted by molar-refractivity contribution is 7.51. The Hall–Kier alpha value is -2.12. The minimum Gasteiger partial charge on any atom is -0.369 e. The first-order valence-corrected chi connectivity index (χ1v) is 9.54. The first-order valence-electron chi connectivity index (χ1n) is 7.74. The molecule has 0 spiro atoms. The standard InChI is InChI=1S/C13H22N7O4P/c1-9(6-14)7-19(4-5-25(22,23)24)2-3-20-8-16-10-11(20)17-13(15)18-12(10)21/h9,16H,2-5,7-8H2,1H3,(H2,22,23,24)(H3,15,17,18,21). The minimum absolute atomic E-state index is 0.0221. The average Bonchev–Trinajstić information content (AvgIpc) is 2.92. The van der Waals surface area contributed by atoms with Crippen LogP contribution in [0.3, 0.4) is 0 Å². The van der Waals surface area contributed by atoms with E-state index in [1.54, 1.807) is 6.92 Å². The fraction of sp³-hybridized carbons (Fsp3) is 0.615. The van der Waals surface area contributed by atoms with Crippen molar-refractivity contribution in [3.63, 3.8) is 0 Å². The predicted octanol–water partition coefficient (Wildman–Crippen LogP) is -0.819. The van der Waals surface area contributed by atoms with Crippen molar-refractivity contribution in [1.29, 1.82) is 5.26 Å². The first-order chi connectivity index (χ1) is 11.7. The number of nitrogens with zero attached hydrogens (tertiary/aromatic N) is 4. The molecule has 25 heavy (non-hydrogen) atoms. The third-order valence-corrected chi connectivity index (χ3v) is 4.59. The molecule has 1 aromatic heterocycles. The number of anilines is 3. The van der Waals surface area contributed by atoms with Crippen molar-refractivity contribution < 1.29 is 14.4 Å². The first kappa shape index (κ1) is 19.2. The number of H-pyrrole nitrogens is 1. The number of nitrogen functional groups attached to an aromatic ring is 1. The lowest BCUT2D eigenvalue weighted by molar-refractivity contribution is 0.267. The molecule has 0 fully saturated rings. The number of nitriles is 1. The van der Waals surface area contributed by atoms with Gasteiger partial charge in [0.15, 0.2) is 5.82 Å². The molecule has 0 saturated heterocycles. The van der Waals surface area contributed by atoms with E-state index in [1.807, 2.05) is 9.80 Å². The molecule has 1 aromatic rings. The summed E-state index contributed by atoms with van der Waals surface area (Å²) in [6.07, 6.45) is -0.273. The molecule has 1 unspecified atom stereocenters. The Labute approximate surface area is 144 Å². The fourth-order valence-electron chi connectivity index (χ4n) is 2.56. The highest BCUT2D eigenvalue weighted by Gasteiger charge is 2.25. The lowest BCUT2D eigenvalue weighted by Crippen LogP contribution is -2.38. The molecule has 11 nitrogen and oxygen atoms in total. The molecule has 1 aliphatic heterocycles. The monoisotopic (exact) mass is 371 g/mol. The van der Waals surface area contributed by atoms with E-state index < -0.39 is 7.60 Å². The van der Waals surface area contributed by atoms with Gasteiger partial charge in [-0.1, -0.05) is 0 Å². The van der Waals surface area contributed by atoms with Gasteiger partial charge in [0.1, 0.15) is 5.69 Å². The summed E-state index contributed by atoms with van der Waals surface area (Å²) in [6, 6.07) is 2.12. The van der Waals surface area contributed by atoms with E-state index in [4.69, 9.17) is 20.8 Å². The van der Waals surface area contributed by atoms with Crippen LogP contribution in [-0.4, -0.2) is 63.7 Å². The SMILES string of the molecule is CC(C#N)CN(CCN1CNc2c1nc(N)[nH]c2=O)CCP(=O)(O)O. The second-order valence-corrected chi connectivity index (χ2v) is 7.74. The number of aromatic amines is 1. The highest BCUT2D eigenvalue weighted by atomic mass is 31.2. The fourth-order valence-corrected chi connectivity index (χ4v) is 3.10. The summed E-state index contributed by atoms with van der Waals surface area (Å²) in [5, 5.41) is 11.9. The summed E-state index contributed by atoms with van der Waals surface area (Å²) in [6.45, 7) is 3.63. The van der Waals surface area contributed by atoms with Gasteiger partial charge in [-0.05, 0) is 6.92 Å². The summed E-state index contributed by atoms with van der Waals surface area (Å²) in [5.74, 6) is 0.204. The Morgan fingerprint density at radius 3 is 2.88 bits per heavy atom. The van der Waals surface area contributed by atoms with Crippen LogP contribution in [0.4, 0.5) is 17.5 Å². The molecule has 0 bridgehead atoms. The average molecular weight is 371 g/mol. The van der Waals surface area contributed by atoms with Crippen LogP contribution in [0.2, 0.25) is 0 Å². The molecular formula is C13H22N7O4P. The quantitative estimate of drug-likeness (QED) is 0.364. The summed E-state index contributed by atoms with van der Waals surface area (Å²) in [4.78, 5) is 40.1. The summed E-state index contributed by atoms with van der Waals surface area (Å²) < 4.78 is 11.1. The summed E-state index contributed by atoms with van der Waals surface area (Å²) in [7, 11) is -4.11. The lowest BCUT2D eigenvalue weighted by atomic mass is 10.2. The molecule has 6 N–H and O–H groups in total. The van der Waals surface area contributed by atoms with Crippen LogP contribution in [0.15, 0.2) is 4.79 Å². The van der Waals surface area contributed by atoms with E-state index in [9.17, 15) is 9.36 Å². The van der Waals surface area contributed by atoms with E-state index >= 15 is 0 Å². The van der Waals surface area contributed by atoms with Gasteiger partial charge in [-0.2, -0.15) is 10.2 Å². The second kappa shape index (κ2) is 7.84. The van der Waals surface area contributed by atoms with Gasteiger partial charge in [0, 0.05) is 26.2 Å². The number of hydrogen-bond acceptors (Lipinski definition) is 8. The van der Waals surface area contributed by atoms with Crippen molar-refractivity contribution in [3.8, 4) is 6.07 Å². The molecule has 2 rings (SSSR count). The highest BCUT2D eigenvalue weighted by Crippen LogP contribution is 2.33. The third-order valence-electron chi connectivity index (χ3n) is 3.81. The zero-order chi connectivity index (χ0) is 18.6. The Bertz CT molecular complexity index is 756.